The van der Waals surface area contributed by atoms with E-state index in [-0.39, 0.29) is 11.9 Å². The fraction of sp³-hybridized carbons (Fsp3) is 0.714. The molecule has 2 saturated heterocycles. The monoisotopic (exact) mass is 385 g/mol. The van der Waals surface area contributed by atoms with E-state index < -0.39 is 5.54 Å². The zero-order valence-corrected chi connectivity index (χ0v) is 17.2. The molecule has 0 N–H and O–H groups in total. The Morgan fingerprint density at radius 2 is 1.86 bits per heavy atom. The number of anilines is 1. The van der Waals surface area contributed by atoms with E-state index in [0.717, 1.165) is 24.4 Å². The van der Waals surface area contributed by atoms with E-state index in [9.17, 15) is 9.59 Å². The second-order valence-corrected chi connectivity index (χ2v) is 9.05. The first-order valence-electron chi connectivity index (χ1n) is 10.6. The van der Waals surface area contributed by atoms with E-state index >= 15 is 0 Å². The van der Waals surface area contributed by atoms with Crippen LogP contribution in [-0.4, -0.2) is 63.7 Å². The van der Waals surface area contributed by atoms with Gasteiger partial charge in [-0.15, -0.1) is 5.10 Å². The number of carbonyl (C=O) groups is 2. The smallest absolute Gasteiger partial charge is 0.327 e. The van der Waals surface area contributed by atoms with Crippen LogP contribution >= 0.6 is 0 Å². The molecule has 1 saturated carbocycles. The van der Waals surface area contributed by atoms with Gasteiger partial charge in [0.05, 0.1) is 5.69 Å². The van der Waals surface area contributed by atoms with Gasteiger partial charge in [-0.1, -0.05) is 20.3 Å². The highest BCUT2D eigenvalue weighted by atomic mass is 16.2. The second kappa shape index (κ2) is 7.33. The van der Waals surface area contributed by atoms with Gasteiger partial charge in [-0.2, -0.15) is 5.10 Å². The van der Waals surface area contributed by atoms with Crippen molar-refractivity contribution in [3.05, 3.63) is 17.8 Å². The Bertz CT molecular complexity index is 736. The van der Waals surface area contributed by atoms with Gasteiger partial charge in [-0.25, -0.2) is 4.79 Å². The molecule has 0 bridgehead atoms. The molecule has 7 heteroatoms. The Labute approximate surface area is 167 Å². The zero-order chi connectivity index (χ0) is 19.9. The summed E-state index contributed by atoms with van der Waals surface area (Å²) in [7, 11) is 0. The first-order valence-corrected chi connectivity index (χ1v) is 10.6. The molecule has 1 aliphatic carbocycles. The molecular formula is C21H31N5O2. The van der Waals surface area contributed by atoms with Crippen LogP contribution in [0, 0.1) is 18.8 Å². The van der Waals surface area contributed by atoms with Crippen molar-refractivity contribution < 1.29 is 9.59 Å². The van der Waals surface area contributed by atoms with Crippen molar-refractivity contribution >= 4 is 17.8 Å². The molecule has 2 aliphatic heterocycles. The average molecular weight is 386 g/mol. The molecule has 0 atom stereocenters. The molecule has 3 aliphatic rings. The van der Waals surface area contributed by atoms with Crippen molar-refractivity contribution in [2.24, 2.45) is 11.8 Å². The summed E-state index contributed by atoms with van der Waals surface area (Å²) in [4.78, 5) is 32.3. The summed E-state index contributed by atoms with van der Waals surface area (Å²) >= 11 is 0. The summed E-state index contributed by atoms with van der Waals surface area (Å²) in [5.74, 6) is 1.70. The van der Waals surface area contributed by atoms with Gasteiger partial charge in [0.1, 0.15) is 5.54 Å². The maximum absolute atomic E-state index is 13.5. The molecule has 28 heavy (non-hydrogen) atoms. The van der Waals surface area contributed by atoms with Crippen molar-refractivity contribution in [3.8, 4) is 0 Å². The molecule has 0 radical (unpaired) electrons. The largest absolute Gasteiger partial charge is 0.355 e. The van der Waals surface area contributed by atoms with Crippen LogP contribution in [0.5, 0.6) is 0 Å². The van der Waals surface area contributed by atoms with E-state index in [1.165, 1.54) is 6.42 Å². The number of imide groups is 1. The fourth-order valence-corrected chi connectivity index (χ4v) is 4.64. The quantitative estimate of drug-likeness (QED) is 0.729. The topological polar surface area (TPSA) is 69.6 Å². The molecule has 3 amide bonds. The third-order valence-electron chi connectivity index (χ3n) is 6.53. The standard InChI is InChI=1S/C21H31N5O2/c1-15(2)13-26-20(28)25(14-17-5-4-6-17)19(27)21(26)9-11-24(12-10-21)18-8-7-16(3)22-23-18/h7-8,15,17H,4-6,9-14H2,1-3H3. The minimum Gasteiger partial charge on any atom is -0.355 e. The van der Waals surface area contributed by atoms with Crippen LogP contribution < -0.4 is 4.90 Å². The van der Waals surface area contributed by atoms with Crippen LogP contribution in [0.4, 0.5) is 10.6 Å². The Balaban J connectivity index is 1.54. The first-order chi connectivity index (χ1) is 13.4. The highest BCUT2D eigenvalue weighted by molar-refractivity contribution is 6.07. The van der Waals surface area contributed by atoms with Crippen molar-refractivity contribution in [2.45, 2.75) is 58.4 Å². The van der Waals surface area contributed by atoms with Gasteiger partial charge < -0.3 is 9.80 Å². The predicted molar refractivity (Wildman–Crippen MR) is 107 cm³/mol. The van der Waals surface area contributed by atoms with Crippen molar-refractivity contribution in [3.63, 3.8) is 0 Å². The first kappa shape index (κ1) is 19.2. The van der Waals surface area contributed by atoms with Gasteiger partial charge >= 0.3 is 6.03 Å². The summed E-state index contributed by atoms with van der Waals surface area (Å²) in [6, 6.07) is 3.87. The summed E-state index contributed by atoms with van der Waals surface area (Å²) in [6.45, 7) is 8.79. The number of aryl methyl sites for hydroxylation is 1. The number of nitrogens with zero attached hydrogens (tertiary/aromatic N) is 5. The number of urea groups is 1. The van der Waals surface area contributed by atoms with Crippen molar-refractivity contribution in [2.75, 3.05) is 31.1 Å². The van der Waals surface area contributed by atoms with E-state index in [4.69, 9.17) is 0 Å². The van der Waals surface area contributed by atoms with Gasteiger partial charge in [0.25, 0.3) is 5.91 Å². The number of hydrogen-bond acceptors (Lipinski definition) is 5. The molecule has 152 valence electrons. The molecule has 0 aromatic carbocycles. The second-order valence-electron chi connectivity index (χ2n) is 9.05. The summed E-state index contributed by atoms with van der Waals surface area (Å²) in [5.41, 5.74) is 0.211. The lowest BCUT2D eigenvalue weighted by Crippen LogP contribution is -2.57. The van der Waals surface area contributed by atoms with Crippen LogP contribution in [0.15, 0.2) is 12.1 Å². The normalized spacial score (nSPS) is 22.5. The molecule has 3 heterocycles. The Kier molecular flexibility index (Phi) is 5.02. The molecule has 1 aromatic heterocycles. The highest BCUT2D eigenvalue weighted by Gasteiger charge is 2.58. The lowest BCUT2D eigenvalue weighted by Gasteiger charge is -2.43. The highest BCUT2D eigenvalue weighted by Crippen LogP contribution is 2.40. The van der Waals surface area contributed by atoms with Crippen LogP contribution in [-0.2, 0) is 4.79 Å². The zero-order valence-electron chi connectivity index (χ0n) is 17.2. The van der Waals surface area contributed by atoms with Gasteiger partial charge in [-0.05, 0) is 56.6 Å². The van der Waals surface area contributed by atoms with E-state index in [0.29, 0.717) is 50.9 Å². The minimum atomic E-state index is -0.681. The molecule has 0 unspecified atom stereocenters. The third kappa shape index (κ3) is 3.25. The number of piperidine rings is 1. The van der Waals surface area contributed by atoms with Gasteiger partial charge in [0.15, 0.2) is 5.82 Å². The molecule has 7 nitrogen and oxygen atoms in total. The Morgan fingerprint density at radius 1 is 1.14 bits per heavy atom. The predicted octanol–water partition coefficient (Wildman–Crippen LogP) is 2.84. The number of rotatable bonds is 5. The number of aromatic nitrogens is 2. The number of hydrogen-bond donors (Lipinski definition) is 0. The lowest BCUT2D eigenvalue weighted by molar-refractivity contribution is -0.135. The summed E-state index contributed by atoms with van der Waals surface area (Å²) < 4.78 is 0. The van der Waals surface area contributed by atoms with Gasteiger partial charge in [-0.3, -0.25) is 9.69 Å². The Morgan fingerprint density at radius 3 is 2.39 bits per heavy atom. The van der Waals surface area contributed by atoms with E-state index in [1.54, 1.807) is 4.90 Å². The summed E-state index contributed by atoms with van der Waals surface area (Å²) in [5, 5.41) is 8.45. The van der Waals surface area contributed by atoms with Crippen LogP contribution in [0.1, 0.15) is 51.6 Å². The van der Waals surface area contributed by atoms with Gasteiger partial charge in [0.2, 0.25) is 0 Å². The van der Waals surface area contributed by atoms with E-state index in [2.05, 4.69) is 28.9 Å². The molecule has 3 fully saturated rings. The van der Waals surface area contributed by atoms with Crippen molar-refractivity contribution in [1.82, 2.24) is 20.0 Å². The van der Waals surface area contributed by atoms with Crippen LogP contribution in [0.3, 0.4) is 0 Å². The lowest BCUT2D eigenvalue weighted by atomic mass is 9.83. The minimum absolute atomic E-state index is 0.0275. The number of amides is 3. The van der Waals surface area contributed by atoms with E-state index in [1.807, 2.05) is 24.0 Å². The van der Waals surface area contributed by atoms with Crippen LogP contribution in [0.25, 0.3) is 0 Å². The molecule has 1 spiro atoms. The SMILES string of the molecule is Cc1ccc(N2CCC3(CC2)C(=O)N(CC2CCC2)C(=O)N3CC(C)C)nn1. The Hall–Kier alpha value is -2.18. The third-order valence-corrected chi connectivity index (χ3v) is 6.53. The van der Waals surface area contributed by atoms with Crippen LogP contribution in [0.2, 0.25) is 0 Å². The molecular weight excluding hydrogens is 354 g/mol. The maximum Gasteiger partial charge on any atom is 0.327 e. The maximum atomic E-state index is 13.5. The number of carbonyl (C=O) groups excluding carboxylic acids is 2. The van der Waals surface area contributed by atoms with Crippen molar-refractivity contribution in [1.29, 1.82) is 0 Å². The van der Waals surface area contributed by atoms with Gasteiger partial charge in [0, 0.05) is 26.2 Å². The summed E-state index contributed by atoms with van der Waals surface area (Å²) in [6.07, 6.45) is 4.79. The molecule has 4 rings (SSSR count). The molecule has 1 aromatic rings. The fourth-order valence-electron chi connectivity index (χ4n) is 4.64. The average Bonchev–Trinajstić information content (AvgIpc) is 2.81.